The van der Waals surface area contributed by atoms with Crippen molar-refractivity contribution in [1.29, 1.82) is 0 Å². The predicted octanol–water partition coefficient (Wildman–Crippen LogP) is 2.33. The Labute approximate surface area is 83.9 Å². The lowest BCUT2D eigenvalue weighted by atomic mass is 10.3. The number of rotatable bonds is 2. The second-order valence-electron chi connectivity index (χ2n) is 2.62. The van der Waals surface area contributed by atoms with Crippen LogP contribution in [0.2, 0.25) is 0 Å². The van der Waals surface area contributed by atoms with Gasteiger partial charge in [0.15, 0.2) is 0 Å². The van der Waals surface area contributed by atoms with Crippen LogP contribution in [0.1, 0.15) is 0 Å². The summed E-state index contributed by atoms with van der Waals surface area (Å²) in [6.07, 6.45) is 1.49. The highest BCUT2D eigenvalue weighted by molar-refractivity contribution is 7.78. The van der Waals surface area contributed by atoms with Crippen molar-refractivity contribution in [3.8, 4) is 5.75 Å². The number of imidazole rings is 1. The van der Waals surface area contributed by atoms with Gasteiger partial charge < -0.3 is 4.74 Å². The van der Waals surface area contributed by atoms with E-state index in [1.165, 1.54) is 22.4 Å². The zero-order valence-electron chi connectivity index (χ0n) is 6.89. The highest BCUT2D eigenvalue weighted by Gasteiger charge is 2.06. The number of nitrogens with zero attached hydrogens (tertiary/aromatic N) is 2. The van der Waals surface area contributed by atoms with E-state index in [2.05, 4.69) is 22.5 Å². The molecular weight excluding hydrogens is 210 g/mol. The van der Waals surface area contributed by atoms with Gasteiger partial charge in [-0.25, -0.2) is 4.98 Å². The van der Waals surface area contributed by atoms with Gasteiger partial charge in [0.25, 0.3) is 0 Å². The van der Waals surface area contributed by atoms with Crippen molar-refractivity contribution in [2.45, 2.75) is 6.61 Å². The van der Waals surface area contributed by atoms with Gasteiger partial charge in [-0.15, -0.1) is 0 Å². The van der Waals surface area contributed by atoms with Crippen molar-refractivity contribution in [3.05, 3.63) is 24.5 Å². The lowest BCUT2D eigenvalue weighted by molar-refractivity contribution is -0.0497. The summed E-state index contributed by atoms with van der Waals surface area (Å²) in [6.45, 7) is -2.81. The van der Waals surface area contributed by atoms with Crippen molar-refractivity contribution in [2.75, 3.05) is 0 Å². The molecule has 2 aromatic rings. The van der Waals surface area contributed by atoms with E-state index in [1.54, 1.807) is 6.07 Å². The summed E-state index contributed by atoms with van der Waals surface area (Å²) in [5.41, 5.74) is 1.31. The van der Waals surface area contributed by atoms with Gasteiger partial charge in [-0.2, -0.15) is 8.78 Å². The summed E-state index contributed by atoms with van der Waals surface area (Å²) >= 11 is 4.07. The molecule has 0 atom stereocenters. The molecular formula is C8H6F2N2OS. The molecule has 0 unspecified atom stereocenters. The largest absolute Gasteiger partial charge is 0.435 e. The van der Waals surface area contributed by atoms with E-state index in [0.717, 1.165) is 5.52 Å². The minimum Gasteiger partial charge on any atom is -0.435 e. The molecule has 0 aliphatic carbocycles. The molecule has 1 aromatic heterocycles. The topological polar surface area (TPSA) is 27.1 Å². The van der Waals surface area contributed by atoms with E-state index in [-0.39, 0.29) is 5.75 Å². The molecule has 0 saturated heterocycles. The van der Waals surface area contributed by atoms with Gasteiger partial charge >= 0.3 is 6.61 Å². The van der Waals surface area contributed by atoms with E-state index in [0.29, 0.717) is 5.52 Å². The van der Waals surface area contributed by atoms with Gasteiger partial charge in [0.05, 0.1) is 11.0 Å². The van der Waals surface area contributed by atoms with Crippen molar-refractivity contribution >= 4 is 23.8 Å². The number of fused-ring (bicyclic) bond motifs is 1. The third-order valence-corrected chi connectivity index (χ3v) is 2.04. The SMILES string of the molecule is FC(F)Oc1ccc2c(c1)ncn2S. The maximum Gasteiger partial charge on any atom is 0.387 e. The predicted molar refractivity (Wildman–Crippen MR) is 50.7 cm³/mol. The van der Waals surface area contributed by atoms with Gasteiger partial charge in [-0.05, 0) is 12.1 Å². The van der Waals surface area contributed by atoms with E-state index in [4.69, 9.17) is 0 Å². The van der Waals surface area contributed by atoms with Gasteiger partial charge in [-0.3, -0.25) is 3.97 Å². The van der Waals surface area contributed by atoms with Crippen LogP contribution in [0.15, 0.2) is 24.5 Å². The smallest absolute Gasteiger partial charge is 0.387 e. The molecule has 0 saturated carbocycles. The van der Waals surface area contributed by atoms with Crippen LogP contribution in [0.25, 0.3) is 11.0 Å². The summed E-state index contributed by atoms with van der Waals surface area (Å²) in [5.74, 6) is 0.0968. The molecule has 0 radical (unpaired) electrons. The second kappa shape index (κ2) is 3.45. The fourth-order valence-corrected chi connectivity index (χ4v) is 1.38. The number of ether oxygens (including phenoxy) is 1. The van der Waals surface area contributed by atoms with Crippen LogP contribution in [0.3, 0.4) is 0 Å². The number of thiol groups is 1. The first-order valence-electron chi connectivity index (χ1n) is 3.78. The van der Waals surface area contributed by atoms with Crippen molar-refractivity contribution in [3.63, 3.8) is 0 Å². The molecule has 1 aromatic carbocycles. The Hall–Kier alpha value is -1.30. The van der Waals surface area contributed by atoms with Crippen molar-refractivity contribution < 1.29 is 13.5 Å². The minimum absolute atomic E-state index is 0.0968. The molecule has 2 rings (SSSR count). The van der Waals surface area contributed by atoms with E-state index < -0.39 is 6.61 Å². The maximum absolute atomic E-state index is 11.9. The third-order valence-electron chi connectivity index (χ3n) is 1.73. The molecule has 74 valence electrons. The average molecular weight is 216 g/mol. The molecule has 0 spiro atoms. The number of benzene rings is 1. The van der Waals surface area contributed by atoms with Crippen LogP contribution in [0.4, 0.5) is 8.78 Å². The van der Waals surface area contributed by atoms with E-state index >= 15 is 0 Å². The van der Waals surface area contributed by atoms with Gasteiger partial charge in [-0.1, -0.05) is 12.8 Å². The normalized spacial score (nSPS) is 11.1. The van der Waals surface area contributed by atoms with Gasteiger partial charge in [0.2, 0.25) is 0 Å². The number of hydrogen-bond donors (Lipinski definition) is 1. The van der Waals surface area contributed by atoms with Crippen molar-refractivity contribution in [1.82, 2.24) is 8.96 Å². The standard InChI is InChI=1S/C8H6F2N2OS/c9-8(10)13-5-1-2-7-6(3-5)11-4-12(7)14/h1-4,8,14H. The quantitative estimate of drug-likeness (QED) is 0.780. The molecule has 6 heteroatoms. The Morgan fingerprint density at radius 1 is 1.43 bits per heavy atom. The summed E-state index contributed by atoms with van der Waals surface area (Å²) in [6, 6.07) is 4.50. The Bertz CT molecular complexity index is 458. The van der Waals surface area contributed by atoms with Crippen LogP contribution in [-0.4, -0.2) is 15.6 Å². The Kier molecular flexibility index (Phi) is 2.28. The second-order valence-corrected chi connectivity index (χ2v) is 3.05. The summed E-state index contributed by atoms with van der Waals surface area (Å²) < 4.78 is 29.5. The van der Waals surface area contributed by atoms with E-state index in [9.17, 15) is 8.78 Å². The Morgan fingerprint density at radius 3 is 2.93 bits per heavy atom. The molecule has 0 amide bonds. The molecule has 0 aliphatic rings. The Morgan fingerprint density at radius 2 is 2.21 bits per heavy atom. The minimum atomic E-state index is -2.81. The number of halogens is 2. The van der Waals surface area contributed by atoms with Crippen LogP contribution in [-0.2, 0) is 0 Å². The van der Waals surface area contributed by atoms with Crippen LogP contribution in [0.5, 0.6) is 5.75 Å². The first kappa shape index (κ1) is 9.26. The van der Waals surface area contributed by atoms with Crippen LogP contribution >= 0.6 is 12.8 Å². The first-order chi connectivity index (χ1) is 6.66. The number of alkyl halides is 2. The maximum atomic E-state index is 11.9. The average Bonchev–Trinajstić information content (AvgIpc) is 2.46. The molecule has 0 aliphatic heterocycles. The van der Waals surface area contributed by atoms with Gasteiger partial charge in [0.1, 0.15) is 12.1 Å². The first-order valence-corrected chi connectivity index (χ1v) is 4.18. The van der Waals surface area contributed by atoms with Crippen molar-refractivity contribution in [2.24, 2.45) is 0 Å². The molecule has 0 fully saturated rings. The molecule has 3 nitrogen and oxygen atoms in total. The molecule has 0 N–H and O–H groups in total. The van der Waals surface area contributed by atoms with E-state index in [1.807, 2.05) is 0 Å². The lowest BCUT2D eigenvalue weighted by Gasteiger charge is -2.03. The zero-order chi connectivity index (χ0) is 10.1. The third kappa shape index (κ3) is 1.65. The Balaban J connectivity index is 2.42. The molecule has 0 bridgehead atoms. The number of hydrogen-bond acceptors (Lipinski definition) is 3. The number of aromatic nitrogens is 2. The van der Waals surface area contributed by atoms with Crippen LogP contribution in [0, 0.1) is 0 Å². The fourth-order valence-electron chi connectivity index (χ4n) is 1.16. The zero-order valence-corrected chi connectivity index (χ0v) is 7.79. The van der Waals surface area contributed by atoms with Crippen LogP contribution < -0.4 is 4.74 Å². The monoisotopic (exact) mass is 216 g/mol. The molecule has 14 heavy (non-hydrogen) atoms. The summed E-state index contributed by atoms with van der Waals surface area (Å²) in [7, 11) is 0. The molecule has 1 heterocycles. The summed E-state index contributed by atoms with van der Waals surface area (Å²) in [4.78, 5) is 3.95. The fraction of sp³-hybridized carbons (Fsp3) is 0.125. The van der Waals surface area contributed by atoms with Gasteiger partial charge in [0, 0.05) is 6.07 Å². The lowest BCUT2D eigenvalue weighted by Crippen LogP contribution is -2.01. The summed E-state index contributed by atoms with van der Waals surface area (Å²) in [5, 5.41) is 0. The highest BCUT2D eigenvalue weighted by atomic mass is 32.1. The highest BCUT2D eigenvalue weighted by Crippen LogP contribution is 2.21.